The fraction of sp³-hybridized carbons (Fsp3) is 0.583. The number of aromatic nitrogens is 1. The molecule has 2 rings (SSSR count). The monoisotopic (exact) mass is 254 g/mol. The molecule has 0 amide bonds. The third kappa shape index (κ3) is 3.15. The van der Waals surface area contributed by atoms with E-state index in [4.69, 9.17) is 0 Å². The van der Waals surface area contributed by atoms with Crippen molar-refractivity contribution >= 4 is 22.5 Å². The molecule has 16 heavy (non-hydrogen) atoms. The van der Waals surface area contributed by atoms with Crippen molar-refractivity contribution in [3.8, 4) is 0 Å². The van der Waals surface area contributed by atoms with Crippen molar-refractivity contribution < 1.29 is 0 Å². The first-order valence-electron chi connectivity index (χ1n) is 5.72. The third-order valence-corrected chi connectivity index (χ3v) is 4.78. The molecule has 2 atom stereocenters. The molecule has 1 aromatic heterocycles. The van der Waals surface area contributed by atoms with Crippen LogP contribution >= 0.6 is 22.5 Å². The lowest BCUT2D eigenvalue weighted by atomic mass is 10.00. The van der Waals surface area contributed by atoms with Gasteiger partial charge in [0, 0.05) is 18.9 Å². The second kappa shape index (κ2) is 5.94. The van der Waals surface area contributed by atoms with Crippen LogP contribution in [0.2, 0.25) is 0 Å². The van der Waals surface area contributed by atoms with E-state index in [1.807, 2.05) is 12.4 Å². The van der Waals surface area contributed by atoms with Gasteiger partial charge in [-0.1, -0.05) is 10.8 Å². The Balaban J connectivity index is 1.85. The molecule has 0 spiro atoms. The number of thiol groups is 1. The minimum atomic E-state index is 0.533. The molecule has 2 nitrogen and oxygen atoms in total. The van der Waals surface area contributed by atoms with Gasteiger partial charge >= 0.3 is 0 Å². The van der Waals surface area contributed by atoms with Crippen LogP contribution in [0, 0.1) is 5.92 Å². The van der Waals surface area contributed by atoms with E-state index in [9.17, 15) is 0 Å². The zero-order valence-corrected chi connectivity index (χ0v) is 11.3. The molecule has 88 valence electrons. The zero-order valence-electron chi connectivity index (χ0n) is 9.54. The Kier molecular flexibility index (Phi) is 4.55. The Labute approximate surface area is 107 Å². The van der Waals surface area contributed by atoms with Gasteiger partial charge in [-0.2, -0.15) is 0 Å². The van der Waals surface area contributed by atoms with Gasteiger partial charge in [-0.15, -0.1) is 11.7 Å². The lowest BCUT2D eigenvalue weighted by Crippen LogP contribution is -2.27. The normalized spacial score (nSPS) is 23.5. The minimum Gasteiger partial charge on any atom is -0.291 e. The van der Waals surface area contributed by atoms with Crippen LogP contribution in [0.25, 0.3) is 0 Å². The van der Waals surface area contributed by atoms with Crippen LogP contribution in [0.1, 0.15) is 18.9 Å². The van der Waals surface area contributed by atoms with Crippen molar-refractivity contribution in [2.24, 2.45) is 5.92 Å². The molecule has 0 aromatic carbocycles. The van der Waals surface area contributed by atoms with E-state index in [1.54, 1.807) is 10.8 Å². The van der Waals surface area contributed by atoms with Crippen LogP contribution in [0.15, 0.2) is 24.5 Å². The van der Waals surface area contributed by atoms with Gasteiger partial charge in [0.1, 0.15) is 0 Å². The smallest absolute Gasteiger partial charge is 0.0630 e. The molecule has 0 radical (unpaired) electrons. The Morgan fingerprint density at radius 2 is 2.31 bits per heavy atom. The minimum absolute atomic E-state index is 0.533. The van der Waals surface area contributed by atoms with Crippen molar-refractivity contribution in [1.82, 2.24) is 9.88 Å². The van der Waals surface area contributed by atoms with Crippen LogP contribution in [-0.2, 0) is 6.42 Å². The van der Waals surface area contributed by atoms with Crippen molar-refractivity contribution in [2.75, 3.05) is 13.1 Å². The van der Waals surface area contributed by atoms with Crippen LogP contribution in [0.4, 0.5) is 0 Å². The van der Waals surface area contributed by atoms with Gasteiger partial charge in [-0.3, -0.25) is 9.88 Å². The topological polar surface area (TPSA) is 16.1 Å². The summed E-state index contributed by atoms with van der Waals surface area (Å²) in [6.07, 6.45) is 6.26. The number of likely N-dealkylation sites (tertiary alicyclic amines) is 1. The van der Waals surface area contributed by atoms with Crippen LogP contribution in [0.5, 0.6) is 0 Å². The Morgan fingerprint density at radius 3 is 3.00 bits per heavy atom. The maximum absolute atomic E-state index is 4.29. The maximum Gasteiger partial charge on any atom is 0.0630 e. The van der Waals surface area contributed by atoms with Gasteiger partial charge in [0.05, 0.1) is 5.37 Å². The van der Waals surface area contributed by atoms with Gasteiger partial charge in [0.15, 0.2) is 0 Å². The molecule has 1 aromatic rings. The largest absolute Gasteiger partial charge is 0.291 e. The lowest BCUT2D eigenvalue weighted by Gasteiger charge is -2.21. The van der Waals surface area contributed by atoms with Gasteiger partial charge in [-0.05, 0) is 49.9 Å². The summed E-state index contributed by atoms with van der Waals surface area (Å²) in [5.74, 6) is 0.797. The molecular formula is C12H18N2S2. The quantitative estimate of drug-likeness (QED) is 0.657. The van der Waals surface area contributed by atoms with E-state index < -0.39 is 0 Å². The second-order valence-corrected chi connectivity index (χ2v) is 5.94. The van der Waals surface area contributed by atoms with Crippen molar-refractivity contribution in [2.45, 2.75) is 25.1 Å². The van der Waals surface area contributed by atoms with Crippen molar-refractivity contribution in [3.63, 3.8) is 0 Å². The van der Waals surface area contributed by atoms with E-state index in [2.05, 4.69) is 40.6 Å². The highest BCUT2D eigenvalue weighted by atomic mass is 33.1. The molecular weight excluding hydrogens is 236 g/mol. The third-order valence-electron chi connectivity index (χ3n) is 3.26. The molecule has 0 saturated carbocycles. The van der Waals surface area contributed by atoms with Crippen molar-refractivity contribution in [1.29, 1.82) is 0 Å². The number of rotatable bonds is 4. The lowest BCUT2D eigenvalue weighted by molar-refractivity contribution is 0.318. The zero-order chi connectivity index (χ0) is 11.4. The highest BCUT2D eigenvalue weighted by Gasteiger charge is 2.25. The number of pyridine rings is 1. The fourth-order valence-electron chi connectivity index (χ4n) is 2.28. The molecule has 2 heterocycles. The Hall–Kier alpha value is -0.190. The first-order chi connectivity index (χ1) is 7.79. The van der Waals surface area contributed by atoms with Gasteiger partial charge in [0.2, 0.25) is 0 Å². The number of hydrogen-bond acceptors (Lipinski definition) is 4. The molecule has 0 N–H and O–H groups in total. The summed E-state index contributed by atoms with van der Waals surface area (Å²) in [6, 6.07) is 4.25. The number of nitrogens with zero attached hydrogens (tertiary/aromatic N) is 2. The highest BCUT2D eigenvalue weighted by molar-refractivity contribution is 8.68. The van der Waals surface area contributed by atoms with E-state index in [0.29, 0.717) is 5.37 Å². The predicted octanol–water partition coefficient (Wildman–Crippen LogP) is 2.87. The molecule has 1 aliphatic rings. The van der Waals surface area contributed by atoms with Crippen LogP contribution < -0.4 is 0 Å². The van der Waals surface area contributed by atoms with Crippen LogP contribution in [0.3, 0.4) is 0 Å². The average molecular weight is 254 g/mol. The standard InChI is InChI=1S/C12H18N2S2/c1-10(16-15)14-7-4-12(9-14)8-11-2-5-13-6-3-11/h2-3,5-6,10,12,15H,4,7-9H2,1H3. The summed E-state index contributed by atoms with van der Waals surface area (Å²) >= 11 is 4.29. The predicted molar refractivity (Wildman–Crippen MR) is 73.7 cm³/mol. The summed E-state index contributed by atoms with van der Waals surface area (Å²) in [6.45, 7) is 4.65. The van der Waals surface area contributed by atoms with Gasteiger partial charge in [-0.25, -0.2) is 0 Å². The molecule has 1 fully saturated rings. The van der Waals surface area contributed by atoms with E-state index in [1.165, 1.54) is 31.5 Å². The molecule has 2 unspecified atom stereocenters. The molecule has 1 aliphatic heterocycles. The second-order valence-electron chi connectivity index (χ2n) is 4.41. The van der Waals surface area contributed by atoms with Crippen molar-refractivity contribution in [3.05, 3.63) is 30.1 Å². The molecule has 0 aliphatic carbocycles. The highest BCUT2D eigenvalue weighted by Crippen LogP contribution is 2.27. The number of hydrogen-bond donors (Lipinski definition) is 1. The van der Waals surface area contributed by atoms with E-state index in [-0.39, 0.29) is 0 Å². The Morgan fingerprint density at radius 1 is 1.56 bits per heavy atom. The van der Waals surface area contributed by atoms with E-state index in [0.717, 1.165) is 5.92 Å². The summed E-state index contributed by atoms with van der Waals surface area (Å²) in [5, 5.41) is 0.533. The summed E-state index contributed by atoms with van der Waals surface area (Å²) in [4.78, 5) is 6.57. The van der Waals surface area contributed by atoms with Gasteiger partial charge in [0.25, 0.3) is 0 Å². The summed E-state index contributed by atoms with van der Waals surface area (Å²) < 4.78 is 0. The molecule has 4 heteroatoms. The summed E-state index contributed by atoms with van der Waals surface area (Å²) in [7, 11) is 1.64. The molecule has 0 bridgehead atoms. The fourth-order valence-corrected chi connectivity index (χ4v) is 3.00. The van der Waals surface area contributed by atoms with Crippen LogP contribution in [-0.4, -0.2) is 28.3 Å². The summed E-state index contributed by atoms with van der Waals surface area (Å²) in [5.41, 5.74) is 1.41. The Bertz CT molecular complexity index is 318. The SMILES string of the molecule is CC(SS)N1CCC(Cc2ccncc2)C1. The average Bonchev–Trinajstić information content (AvgIpc) is 2.78. The van der Waals surface area contributed by atoms with Gasteiger partial charge < -0.3 is 0 Å². The molecule has 1 saturated heterocycles. The van der Waals surface area contributed by atoms with E-state index >= 15 is 0 Å². The first-order valence-corrected chi connectivity index (χ1v) is 7.66. The maximum atomic E-state index is 4.29. The first kappa shape index (κ1) is 12.3.